The number of nitrogens with zero attached hydrogens (tertiary/aromatic N) is 4. The molecule has 0 saturated carbocycles. The first-order valence-corrected chi connectivity index (χ1v) is 8.57. The van der Waals surface area contributed by atoms with Gasteiger partial charge in [-0.1, -0.05) is 12.1 Å². The van der Waals surface area contributed by atoms with E-state index in [2.05, 4.69) is 20.5 Å². The van der Waals surface area contributed by atoms with Crippen molar-refractivity contribution >= 4 is 34.0 Å². The molecule has 6 heteroatoms. The van der Waals surface area contributed by atoms with Crippen LogP contribution in [0.25, 0.3) is 11.0 Å². The number of azo groups is 1. The number of benzene rings is 3. The van der Waals surface area contributed by atoms with E-state index in [-0.39, 0.29) is 0 Å². The van der Waals surface area contributed by atoms with Crippen molar-refractivity contribution in [3.8, 4) is 5.75 Å². The summed E-state index contributed by atoms with van der Waals surface area (Å²) in [7, 11) is 3.59. The molecule has 4 aromatic rings. The van der Waals surface area contributed by atoms with Gasteiger partial charge >= 0.3 is 0 Å². The van der Waals surface area contributed by atoms with Crippen molar-refractivity contribution in [1.82, 2.24) is 9.55 Å². The fourth-order valence-electron chi connectivity index (χ4n) is 2.78. The molecule has 0 radical (unpaired) electrons. The molecule has 4 rings (SSSR count). The summed E-state index contributed by atoms with van der Waals surface area (Å²) in [5.41, 5.74) is 4.67. The summed E-state index contributed by atoms with van der Waals surface area (Å²) in [5, 5.41) is 11.9. The van der Waals surface area contributed by atoms with Crippen LogP contribution < -0.4 is 10.1 Å². The topological polar surface area (TPSA) is 63.8 Å². The molecule has 1 N–H and O–H groups in total. The van der Waals surface area contributed by atoms with Crippen molar-refractivity contribution in [3.63, 3.8) is 0 Å². The maximum absolute atomic E-state index is 5.17. The van der Waals surface area contributed by atoms with Crippen LogP contribution in [0.15, 0.2) is 83.0 Å². The number of rotatable bonds is 5. The van der Waals surface area contributed by atoms with Gasteiger partial charge in [0.2, 0.25) is 5.95 Å². The molecule has 0 aliphatic rings. The first-order chi connectivity index (χ1) is 13.2. The van der Waals surface area contributed by atoms with Gasteiger partial charge in [-0.15, -0.1) is 10.2 Å². The average Bonchev–Trinajstić information content (AvgIpc) is 3.04. The molecule has 0 amide bonds. The van der Waals surface area contributed by atoms with E-state index in [0.29, 0.717) is 5.95 Å². The third kappa shape index (κ3) is 3.64. The number of fused-ring (bicyclic) bond motifs is 1. The number of para-hydroxylation sites is 2. The Morgan fingerprint density at radius 3 is 2.19 bits per heavy atom. The SMILES string of the molecule is COc1ccc(Nc2ccc(N=Nc3nc4ccccc4n3C)cc2)cc1. The minimum Gasteiger partial charge on any atom is -0.497 e. The monoisotopic (exact) mass is 357 g/mol. The molecule has 0 aliphatic heterocycles. The number of anilines is 2. The van der Waals surface area contributed by atoms with Gasteiger partial charge in [-0.2, -0.15) is 0 Å². The fraction of sp³-hybridized carbons (Fsp3) is 0.0952. The summed E-state index contributed by atoms with van der Waals surface area (Å²) in [6.07, 6.45) is 0. The van der Waals surface area contributed by atoms with E-state index < -0.39 is 0 Å². The van der Waals surface area contributed by atoms with Crippen LogP contribution in [0.4, 0.5) is 23.0 Å². The van der Waals surface area contributed by atoms with Crippen LogP contribution in [0.5, 0.6) is 5.75 Å². The average molecular weight is 357 g/mol. The highest BCUT2D eigenvalue weighted by molar-refractivity contribution is 5.77. The lowest BCUT2D eigenvalue weighted by Gasteiger charge is -2.07. The van der Waals surface area contributed by atoms with Gasteiger partial charge in [0.25, 0.3) is 0 Å². The van der Waals surface area contributed by atoms with E-state index in [1.165, 1.54) is 0 Å². The van der Waals surface area contributed by atoms with E-state index in [4.69, 9.17) is 4.74 Å². The van der Waals surface area contributed by atoms with Crippen molar-refractivity contribution in [2.75, 3.05) is 12.4 Å². The summed E-state index contributed by atoms with van der Waals surface area (Å²) in [4.78, 5) is 4.49. The Bertz CT molecular complexity index is 1080. The Hall–Kier alpha value is -3.67. The highest BCUT2D eigenvalue weighted by Gasteiger charge is 2.05. The standard InChI is InChI=1S/C21H19N5O/c1-26-20-6-4-3-5-19(20)23-21(26)25-24-17-9-7-15(8-10-17)22-16-11-13-18(27-2)14-12-16/h3-14,22H,1-2H3. The normalized spacial score (nSPS) is 11.2. The van der Waals surface area contributed by atoms with Gasteiger partial charge in [0.05, 0.1) is 23.8 Å². The molecule has 1 aromatic heterocycles. The lowest BCUT2D eigenvalue weighted by Crippen LogP contribution is -1.90. The lowest BCUT2D eigenvalue weighted by atomic mass is 10.2. The summed E-state index contributed by atoms with van der Waals surface area (Å²) in [6, 6.07) is 23.5. The Kier molecular flexibility index (Phi) is 4.53. The number of aryl methyl sites for hydroxylation is 1. The van der Waals surface area contributed by atoms with Crippen molar-refractivity contribution in [2.45, 2.75) is 0 Å². The molecule has 0 saturated heterocycles. The van der Waals surface area contributed by atoms with E-state index in [0.717, 1.165) is 33.8 Å². The molecule has 1 heterocycles. The van der Waals surface area contributed by atoms with Crippen molar-refractivity contribution in [1.29, 1.82) is 0 Å². The van der Waals surface area contributed by atoms with Crippen LogP contribution in [0.2, 0.25) is 0 Å². The Balaban J connectivity index is 1.48. The smallest absolute Gasteiger partial charge is 0.250 e. The number of methoxy groups -OCH3 is 1. The molecule has 0 spiro atoms. The molecule has 134 valence electrons. The van der Waals surface area contributed by atoms with Gasteiger partial charge in [0.1, 0.15) is 5.75 Å². The minimum atomic E-state index is 0.580. The molecule has 0 atom stereocenters. The predicted octanol–water partition coefficient (Wildman–Crippen LogP) is 5.74. The van der Waals surface area contributed by atoms with E-state index in [9.17, 15) is 0 Å². The Labute approximate surface area is 157 Å². The fourth-order valence-corrected chi connectivity index (χ4v) is 2.78. The molecule has 0 fully saturated rings. The summed E-state index contributed by atoms with van der Waals surface area (Å²) in [6.45, 7) is 0. The second-order valence-corrected chi connectivity index (χ2v) is 6.06. The first kappa shape index (κ1) is 16.8. The second-order valence-electron chi connectivity index (χ2n) is 6.06. The Morgan fingerprint density at radius 1 is 0.852 bits per heavy atom. The van der Waals surface area contributed by atoms with Crippen LogP contribution >= 0.6 is 0 Å². The molecule has 6 nitrogen and oxygen atoms in total. The zero-order valence-corrected chi connectivity index (χ0v) is 15.1. The number of ether oxygens (including phenoxy) is 1. The lowest BCUT2D eigenvalue weighted by molar-refractivity contribution is 0.415. The van der Waals surface area contributed by atoms with E-state index in [1.54, 1.807) is 7.11 Å². The summed E-state index contributed by atoms with van der Waals surface area (Å²) in [5.74, 6) is 1.41. The maximum Gasteiger partial charge on any atom is 0.250 e. The van der Waals surface area contributed by atoms with Gasteiger partial charge in [0.15, 0.2) is 0 Å². The van der Waals surface area contributed by atoms with Crippen LogP contribution in [-0.4, -0.2) is 16.7 Å². The number of hydrogen-bond acceptors (Lipinski definition) is 5. The van der Waals surface area contributed by atoms with Gasteiger partial charge in [-0.25, -0.2) is 4.98 Å². The Morgan fingerprint density at radius 2 is 1.52 bits per heavy atom. The van der Waals surface area contributed by atoms with Crippen molar-refractivity contribution in [2.24, 2.45) is 17.3 Å². The number of imidazole rings is 1. The second kappa shape index (κ2) is 7.29. The van der Waals surface area contributed by atoms with Crippen LogP contribution in [0.1, 0.15) is 0 Å². The molecule has 3 aromatic carbocycles. The van der Waals surface area contributed by atoms with Crippen molar-refractivity contribution < 1.29 is 4.74 Å². The molecule has 0 aliphatic carbocycles. The predicted molar refractivity (Wildman–Crippen MR) is 108 cm³/mol. The quantitative estimate of drug-likeness (QED) is 0.463. The highest BCUT2D eigenvalue weighted by atomic mass is 16.5. The van der Waals surface area contributed by atoms with Crippen molar-refractivity contribution in [3.05, 3.63) is 72.8 Å². The van der Waals surface area contributed by atoms with E-state index >= 15 is 0 Å². The van der Waals surface area contributed by atoms with Crippen LogP contribution in [-0.2, 0) is 7.05 Å². The van der Waals surface area contributed by atoms with Crippen LogP contribution in [0.3, 0.4) is 0 Å². The molecule has 27 heavy (non-hydrogen) atoms. The maximum atomic E-state index is 5.17. The summed E-state index contributed by atoms with van der Waals surface area (Å²) < 4.78 is 7.10. The molecular formula is C21H19N5O. The zero-order valence-electron chi connectivity index (χ0n) is 15.1. The first-order valence-electron chi connectivity index (χ1n) is 8.57. The van der Waals surface area contributed by atoms with Gasteiger partial charge in [-0.3, -0.25) is 0 Å². The number of hydrogen-bond donors (Lipinski definition) is 1. The van der Waals surface area contributed by atoms with Gasteiger partial charge < -0.3 is 14.6 Å². The third-order valence-electron chi connectivity index (χ3n) is 4.26. The van der Waals surface area contributed by atoms with Crippen LogP contribution in [0, 0.1) is 0 Å². The number of aromatic nitrogens is 2. The number of nitrogens with one attached hydrogen (secondary N) is 1. The van der Waals surface area contributed by atoms with Gasteiger partial charge in [0, 0.05) is 18.4 Å². The highest BCUT2D eigenvalue weighted by Crippen LogP contribution is 2.25. The largest absolute Gasteiger partial charge is 0.497 e. The molecule has 0 unspecified atom stereocenters. The van der Waals surface area contributed by atoms with E-state index in [1.807, 2.05) is 84.4 Å². The zero-order chi connectivity index (χ0) is 18.6. The third-order valence-corrected chi connectivity index (χ3v) is 4.26. The molecule has 0 bridgehead atoms. The van der Waals surface area contributed by atoms with Gasteiger partial charge in [-0.05, 0) is 60.7 Å². The summed E-state index contributed by atoms with van der Waals surface area (Å²) >= 11 is 0. The molecular weight excluding hydrogens is 338 g/mol. The minimum absolute atomic E-state index is 0.580.